The molecule has 1 fully saturated rings. The van der Waals surface area contributed by atoms with Crippen LogP contribution in [0.15, 0.2) is 90.7 Å². The average molecular weight is 495 g/mol. The van der Waals surface area contributed by atoms with E-state index in [1.807, 2.05) is 24.3 Å². The Hall–Kier alpha value is -3.90. The van der Waals surface area contributed by atoms with Gasteiger partial charge in [0.25, 0.3) is 0 Å². The van der Waals surface area contributed by atoms with Gasteiger partial charge in [0.15, 0.2) is 5.84 Å². The molecule has 6 nitrogen and oxygen atoms in total. The second-order valence-electron chi connectivity index (χ2n) is 9.73. The van der Waals surface area contributed by atoms with E-state index in [0.29, 0.717) is 11.8 Å². The molecule has 5 N–H and O–H groups in total. The summed E-state index contributed by atoms with van der Waals surface area (Å²) in [6.45, 7) is 11.1. The molecule has 1 saturated heterocycles. The zero-order valence-corrected chi connectivity index (χ0v) is 21.8. The van der Waals surface area contributed by atoms with Crippen LogP contribution in [0.4, 0.5) is 5.82 Å². The predicted molar refractivity (Wildman–Crippen MR) is 155 cm³/mol. The number of hydrogen-bond acceptors (Lipinski definition) is 5. The van der Waals surface area contributed by atoms with Crippen LogP contribution in [-0.2, 0) is 0 Å². The lowest BCUT2D eigenvalue weighted by Crippen LogP contribution is -2.43. The minimum atomic E-state index is 0.239. The first-order chi connectivity index (χ1) is 18.0. The van der Waals surface area contributed by atoms with E-state index in [-0.39, 0.29) is 11.9 Å². The average Bonchev–Trinajstić information content (AvgIpc) is 2.95. The molecule has 1 aromatic heterocycles. The highest BCUT2D eigenvalue weighted by molar-refractivity contribution is 5.97. The normalized spacial score (nSPS) is 19.2. The predicted octanol–water partition coefficient (Wildman–Crippen LogP) is 5.13. The van der Waals surface area contributed by atoms with Crippen molar-refractivity contribution in [1.29, 1.82) is 0 Å². The third-order valence-electron chi connectivity index (χ3n) is 7.40. The van der Waals surface area contributed by atoms with Crippen molar-refractivity contribution in [2.75, 3.05) is 24.5 Å². The fourth-order valence-electron chi connectivity index (χ4n) is 5.24. The van der Waals surface area contributed by atoms with Crippen molar-refractivity contribution in [1.82, 2.24) is 10.3 Å². The van der Waals surface area contributed by atoms with E-state index in [1.54, 1.807) is 6.20 Å². The number of nitrogens with two attached hydrogens (primary N) is 2. The van der Waals surface area contributed by atoms with Crippen molar-refractivity contribution < 1.29 is 0 Å². The molecule has 0 aliphatic carbocycles. The van der Waals surface area contributed by atoms with Gasteiger partial charge < -0.3 is 21.8 Å². The number of rotatable bonds is 9. The largest absolute Gasteiger partial charge is 0.382 e. The molecule has 3 unspecified atom stereocenters. The molecule has 4 rings (SSSR count). The van der Waals surface area contributed by atoms with Crippen LogP contribution in [0.3, 0.4) is 0 Å². The molecule has 6 heteroatoms. The molecule has 0 amide bonds. The Morgan fingerprint density at radius 2 is 2.00 bits per heavy atom. The van der Waals surface area contributed by atoms with E-state index >= 15 is 0 Å². The van der Waals surface area contributed by atoms with Gasteiger partial charge in [-0.1, -0.05) is 73.3 Å². The van der Waals surface area contributed by atoms with Crippen molar-refractivity contribution in [3.05, 3.63) is 113 Å². The number of nitrogens with one attached hydrogen (secondary N) is 1. The van der Waals surface area contributed by atoms with Crippen LogP contribution in [0.5, 0.6) is 0 Å². The molecular weight excluding hydrogens is 456 g/mol. The summed E-state index contributed by atoms with van der Waals surface area (Å²) in [5.74, 6) is 7.46. The topological polar surface area (TPSA) is 92.6 Å². The second-order valence-corrected chi connectivity index (χ2v) is 9.73. The molecule has 3 aromatic rings. The van der Waals surface area contributed by atoms with E-state index in [9.17, 15) is 0 Å². The lowest BCUT2D eigenvalue weighted by Gasteiger charge is -2.40. The zero-order chi connectivity index (χ0) is 26.2. The lowest BCUT2D eigenvalue weighted by atomic mass is 9.80. The Kier molecular flexibility index (Phi) is 8.75. The van der Waals surface area contributed by atoms with Gasteiger partial charge in [-0.2, -0.15) is 5.10 Å². The standard InChI is InChI=1S/C31H38N6/c1-4-5-13-27-22(2)10-9-14-28(27)23(3)34-19-25-17-18-37(21-29(25)24-11-7-6-8-12-24)30-16-15-26(20-35-30)31(32)36-33/h4-16,20,23,25,29,34H,1,17-19,21,33H2,2-3H3,(H2,32,36)/b13-5-. The molecule has 37 heavy (non-hydrogen) atoms. The molecule has 1 aliphatic heterocycles. The molecule has 0 saturated carbocycles. The third kappa shape index (κ3) is 6.27. The monoisotopic (exact) mass is 494 g/mol. The number of aromatic nitrogens is 1. The maximum absolute atomic E-state index is 5.84. The number of pyridine rings is 1. The quantitative estimate of drug-likeness (QED) is 0.126. The number of piperidine rings is 1. The summed E-state index contributed by atoms with van der Waals surface area (Å²) in [7, 11) is 0. The molecule has 2 aromatic carbocycles. The Morgan fingerprint density at radius 1 is 1.19 bits per heavy atom. The van der Waals surface area contributed by atoms with Gasteiger partial charge in [-0.25, -0.2) is 4.98 Å². The van der Waals surface area contributed by atoms with Crippen LogP contribution < -0.4 is 21.8 Å². The molecule has 1 aliphatic rings. The molecule has 2 heterocycles. The SMILES string of the molecule is C=C/C=C\c1c(C)cccc1C(C)NCC1CCN(c2ccc(/C(N)=N/N)cn2)CC1c1ccccc1. The van der Waals surface area contributed by atoms with Gasteiger partial charge in [0.1, 0.15) is 5.82 Å². The van der Waals surface area contributed by atoms with Crippen molar-refractivity contribution >= 4 is 17.7 Å². The summed E-state index contributed by atoms with van der Waals surface area (Å²) in [6, 6.07) is 21.6. The van der Waals surface area contributed by atoms with Crippen LogP contribution in [0, 0.1) is 12.8 Å². The van der Waals surface area contributed by atoms with Crippen molar-refractivity contribution in [2.24, 2.45) is 22.6 Å². The number of benzene rings is 2. The highest BCUT2D eigenvalue weighted by Crippen LogP contribution is 2.34. The number of hydrogen-bond donors (Lipinski definition) is 3. The minimum absolute atomic E-state index is 0.239. The molecule has 3 atom stereocenters. The molecule has 0 spiro atoms. The Balaban J connectivity index is 1.50. The lowest BCUT2D eigenvalue weighted by molar-refractivity contribution is 0.324. The van der Waals surface area contributed by atoms with Crippen LogP contribution in [0.2, 0.25) is 0 Å². The number of anilines is 1. The Morgan fingerprint density at radius 3 is 2.70 bits per heavy atom. The fourth-order valence-corrected chi connectivity index (χ4v) is 5.24. The molecule has 0 radical (unpaired) electrons. The summed E-state index contributed by atoms with van der Waals surface area (Å²) < 4.78 is 0. The third-order valence-corrected chi connectivity index (χ3v) is 7.40. The maximum atomic E-state index is 5.84. The fraction of sp³-hybridized carbons (Fsp3) is 0.290. The van der Waals surface area contributed by atoms with Crippen LogP contribution in [0.25, 0.3) is 6.08 Å². The second kappa shape index (κ2) is 12.4. The highest BCUT2D eigenvalue weighted by Gasteiger charge is 2.31. The smallest absolute Gasteiger partial charge is 0.151 e. The maximum Gasteiger partial charge on any atom is 0.151 e. The van der Waals surface area contributed by atoms with Gasteiger partial charge in [0, 0.05) is 36.8 Å². The van der Waals surface area contributed by atoms with E-state index in [0.717, 1.165) is 37.4 Å². The Bertz CT molecular complexity index is 1230. The van der Waals surface area contributed by atoms with Gasteiger partial charge in [0.2, 0.25) is 0 Å². The number of nitrogens with zero attached hydrogens (tertiary/aromatic N) is 3. The van der Waals surface area contributed by atoms with Crippen molar-refractivity contribution in [3.63, 3.8) is 0 Å². The van der Waals surface area contributed by atoms with E-state index < -0.39 is 0 Å². The number of allylic oxidation sites excluding steroid dienone is 2. The van der Waals surface area contributed by atoms with E-state index in [4.69, 9.17) is 11.6 Å². The minimum Gasteiger partial charge on any atom is -0.382 e. The van der Waals surface area contributed by atoms with E-state index in [2.05, 4.69) is 95.3 Å². The zero-order valence-electron chi connectivity index (χ0n) is 21.8. The summed E-state index contributed by atoms with van der Waals surface area (Å²) in [4.78, 5) is 7.03. The summed E-state index contributed by atoms with van der Waals surface area (Å²) in [5.41, 5.74) is 11.8. The van der Waals surface area contributed by atoms with Crippen LogP contribution >= 0.6 is 0 Å². The first-order valence-corrected chi connectivity index (χ1v) is 12.9. The highest BCUT2D eigenvalue weighted by atomic mass is 15.2. The molecular formula is C31H38N6. The van der Waals surface area contributed by atoms with Crippen molar-refractivity contribution in [2.45, 2.75) is 32.2 Å². The van der Waals surface area contributed by atoms with E-state index in [1.165, 1.54) is 22.3 Å². The summed E-state index contributed by atoms with van der Waals surface area (Å²) in [5, 5.41) is 7.43. The first kappa shape index (κ1) is 26.2. The van der Waals surface area contributed by atoms with Gasteiger partial charge in [0.05, 0.1) is 0 Å². The van der Waals surface area contributed by atoms with Gasteiger partial charge in [-0.15, -0.1) is 0 Å². The Labute approximate surface area is 220 Å². The number of amidine groups is 1. The molecule has 0 bridgehead atoms. The summed E-state index contributed by atoms with van der Waals surface area (Å²) in [6.07, 6.45) is 8.82. The van der Waals surface area contributed by atoms with Crippen molar-refractivity contribution in [3.8, 4) is 0 Å². The van der Waals surface area contributed by atoms with Gasteiger partial charge in [-0.3, -0.25) is 0 Å². The number of aryl methyl sites for hydroxylation is 1. The van der Waals surface area contributed by atoms with Crippen LogP contribution in [-0.4, -0.2) is 30.5 Å². The van der Waals surface area contributed by atoms with Gasteiger partial charge in [-0.05, 0) is 67.1 Å². The van der Waals surface area contributed by atoms with Crippen LogP contribution in [0.1, 0.15) is 53.1 Å². The molecule has 192 valence electrons. The number of hydrazone groups is 1. The summed E-state index contributed by atoms with van der Waals surface area (Å²) >= 11 is 0. The first-order valence-electron chi connectivity index (χ1n) is 12.9. The van der Waals surface area contributed by atoms with Gasteiger partial charge >= 0.3 is 0 Å².